The van der Waals surface area contributed by atoms with Gasteiger partial charge in [0.25, 0.3) is 0 Å². The summed E-state index contributed by atoms with van der Waals surface area (Å²) in [6.45, 7) is 5.90. The van der Waals surface area contributed by atoms with Crippen LogP contribution in [0.4, 0.5) is 4.79 Å². The van der Waals surface area contributed by atoms with Crippen molar-refractivity contribution in [3.8, 4) is 0 Å². The molecule has 0 radical (unpaired) electrons. The first-order valence-electron chi connectivity index (χ1n) is 5.84. The van der Waals surface area contributed by atoms with Gasteiger partial charge in [-0.25, -0.2) is 4.79 Å². The quantitative estimate of drug-likeness (QED) is 0.733. The second kappa shape index (κ2) is 5.86. The van der Waals surface area contributed by atoms with E-state index in [2.05, 4.69) is 4.74 Å². The monoisotopic (exact) mass is 243 g/mol. The van der Waals surface area contributed by atoms with E-state index in [0.29, 0.717) is 26.2 Å². The Labute approximate surface area is 102 Å². The molecule has 1 aliphatic heterocycles. The van der Waals surface area contributed by atoms with Crippen LogP contribution in [0.5, 0.6) is 0 Å². The third-order valence-corrected chi connectivity index (χ3v) is 3.03. The van der Waals surface area contributed by atoms with Gasteiger partial charge in [0.2, 0.25) is 5.91 Å². The van der Waals surface area contributed by atoms with Crippen LogP contribution in [0.3, 0.4) is 0 Å². The fraction of sp³-hybridized carbons (Fsp3) is 0.818. The average Bonchev–Trinajstić information content (AvgIpc) is 2.36. The van der Waals surface area contributed by atoms with E-state index in [1.165, 1.54) is 7.11 Å². The molecule has 0 bridgehead atoms. The molecular weight excluding hydrogens is 222 g/mol. The number of ether oxygens (including phenoxy) is 1. The van der Waals surface area contributed by atoms with E-state index < -0.39 is 6.04 Å². The topological polar surface area (TPSA) is 75.9 Å². The van der Waals surface area contributed by atoms with E-state index in [-0.39, 0.29) is 17.9 Å². The van der Waals surface area contributed by atoms with E-state index in [4.69, 9.17) is 5.73 Å². The Morgan fingerprint density at radius 1 is 1.12 bits per heavy atom. The van der Waals surface area contributed by atoms with Crippen LogP contribution in [0.15, 0.2) is 0 Å². The van der Waals surface area contributed by atoms with Gasteiger partial charge in [0.1, 0.15) is 0 Å². The van der Waals surface area contributed by atoms with Crippen molar-refractivity contribution in [1.82, 2.24) is 9.80 Å². The molecule has 1 aliphatic rings. The van der Waals surface area contributed by atoms with Crippen LogP contribution in [0.25, 0.3) is 0 Å². The molecule has 98 valence electrons. The van der Waals surface area contributed by atoms with Gasteiger partial charge in [-0.3, -0.25) is 4.79 Å². The molecule has 0 aromatic carbocycles. The molecule has 0 unspecified atom stereocenters. The van der Waals surface area contributed by atoms with Crippen molar-refractivity contribution in [2.75, 3.05) is 33.3 Å². The van der Waals surface area contributed by atoms with Crippen molar-refractivity contribution in [1.29, 1.82) is 0 Å². The molecule has 2 amide bonds. The largest absolute Gasteiger partial charge is 0.453 e. The van der Waals surface area contributed by atoms with Gasteiger partial charge in [-0.2, -0.15) is 0 Å². The number of carbonyl (C=O) groups is 2. The SMILES string of the molecule is COC(=O)N1CCN(C(=O)[C@H](N)C(C)C)CC1. The number of methoxy groups -OCH3 is 1. The maximum absolute atomic E-state index is 12.0. The fourth-order valence-electron chi connectivity index (χ4n) is 1.73. The second-order valence-corrected chi connectivity index (χ2v) is 4.55. The zero-order valence-corrected chi connectivity index (χ0v) is 10.7. The van der Waals surface area contributed by atoms with E-state index >= 15 is 0 Å². The summed E-state index contributed by atoms with van der Waals surface area (Å²) in [5.41, 5.74) is 5.82. The second-order valence-electron chi connectivity index (χ2n) is 4.55. The summed E-state index contributed by atoms with van der Waals surface area (Å²) in [4.78, 5) is 26.5. The number of nitrogens with two attached hydrogens (primary N) is 1. The molecular formula is C11H21N3O3. The molecule has 6 heteroatoms. The Balaban J connectivity index is 2.47. The predicted octanol–water partition coefficient (Wildman–Crippen LogP) is -0.120. The van der Waals surface area contributed by atoms with Gasteiger partial charge in [0, 0.05) is 26.2 Å². The Bertz CT molecular complexity index is 286. The van der Waals surface area contributed by atoms with E-state index in [1.807, 2.05) is 13.8 Å². The number of hydrogen-bond donors (Lipinski definition) is 1. The number of hydrogen-bond acceptors (Lipinski definition) is 4. The first kappa shape index (κ1) is 13.8. The molecule has 0 spiro atoms. The highest BCUT2D eigenvalue weighted by atomic mass is 16.5. The third-order valence-electron chi connectivity index (χ3n) is 3.03. The molecule has 1 rings (SSSR count). The van der Waals surface area contributed by atoms with Crippen molar-refractivity contribution < 1.29 is 14.3 Å². The predicted molar refractivity (Wildman–Crippen MR) is 63.4 cm³/mol. The van der Waals surface area contributed by atoms with Gasteiger partial charge in [0.05, 0.1) is 13.2 Å². The molecule has 1 fully saturated rings. The Morgan fingerprint density at radius 2 is 1.59 bits per heavy atom. The standard InChI is InChI=1S/C11H21N3O3/c1-8(2)9(12)10(15)13-4-6-14(7-5-13)11(16)17-3/h8-9H,4-7,12H2,1-3H3/t9-/m1/s1. The minimum atomic E-state index is -0.459. The number of piperazine rings is 1. The molecule has 0 aliphatic carbocycles. The van der Waals surface area contributed by atoms with Crippen LogP contribution >= 0.6 is 0 Å². The highest BCUT2D eigenvalue weighted by molar-refractivity contribution is 5.82. The van der Waals surface area contributed by atoms with Crippen LogP contribution in [0.2, 0.25) is 0 Å². The van der Waals surface area contributed by atoms with Gasteiger partial charge >= 0.3 is 6.09 Å². The average molecular weight is 243 g/mol. The Morgan fingerprint density at radius 3 is 2.00 bits per heavy atom. The first-order valence-corrected chi connectivity index (χ1v) is 5.84. The summed E-state index contributed by atoms with van der Waals surface area (Å²) in [7, 11) is 1.36. The zero-order chi connectivity index (χ0) is 13.0. The fourth-order valence-corrected chi connectivity index (χ4v) is 1.73. The molecule has 0 aromatic rings. The van der Waals surface area contributed by atoms with Crippen LogP contribution in [0.1, 0.15) is 13.8 Å². The van der Waals surface area contributed by atoms with Crippen molar-refractivity contribution in [2.24, 2.45) is 11.7 Å². The number of amides is 2. The van der Waals surface area contributed by atoms with Crippen LogP contribution in [-0.2, 0) is 9.53 Å². The Hall–Kier alpha value is -1.30. The minimum Gasteiger partial charge on any atom is -0.453 e. The maximum Gasteiger partial charge on any atom is 0.409 e. The molecule has 1 heterocycles. The van der Waals surface area contributed by atoms with Gasteiger partial charge in [0.15, 0.2) is 0 Å². The lowest BCUT2D eigenvalue weighted by Gasteiger charge is -2.35. The van der Waals surface area contributed by atoms with Crippen molar-refractivity contribution in [3.63, 3.8) is 0 Å². The highest BCUT2D eigenvalue weighted by Crippen LogP contribution is 2.08. The van der Waals surface area contributed by atoms with Gasteiger partial charge in [-0.1, -0.05) is 13.8 Å². The normalized spacial score (nSPS) is 18.2. The van der Waals surface area contributed by atoms with Gasteiger partial charge in [-0.05, 0) is 5.92 Å². The van der Waals surface area contributed by atoms with Crippen LogP contribution in [0, 0.1) is 5.92 Å². The lowest BCUT2D eigenvalue weighted by atomic mass is 10.0. The number of nitrogens with zero attached hydrogens (tertiary/aromatic N) is 2. The molecule has 1 atom stereocenters. The lowest BCUT2D eigenvalue weighted by molar-refractivity contribution is -0.135. The summed E-state index contributed by atoms with van der Waals surface area (Å²) in [6.07, 6.45) is -0.342. The lowest BCUT2D eigenvalue weighted by Crippen LogP contribution is -2.55. The van der Waals surface area contributed by atoms with E-state index in [1.54, 1.807) is 9.80 Å². The van der Waals surface area contributed by atoms with Crippen LogP contribution < -0.4 is 5.73 Å². The van der Waals surface area contributed by atoms with Crippen LogP contribution in [-0.4, -0.2) is 61.1 Å². The van der Waals surface area contributed by atoms with E-state index in [9.17, 15) is 9.59 Å². The van der Waals surface area contributed by atoms with Crippen molar-refractivity contribution >= 4 is 12.0 Å². The summed E-state index contributed by atoms with van der Waals surface area (Å²) in [5, 5.41) is 0. The molecule has 1 saturated heterocycles. The summed E-state index contributed by atoms with van der Waals surface area (Å²) in [6, 6.07) is -0.459. The highest BCUT2D eigenvalue weighted by Gasteiger charge is 2.28. The number of carbonyl (C=O) groups excluding carboxylic acids is 2. The van der Waals surface area contributed by atoms with Gasteiger partial charge in [-0.15, -0.1) is 0 Å². The molecule has 17 heavy (non-hydrogen) atoms. The zero-order valence-electron chi connectivity index (χ0n) is 10.7. The van der Waals surface area contributed by atoms with Crippen molar-refractivity contribution in [3.05, 3.63) is 0 Å². The summed E-state index contributed by atoms with van der Waals surface area (Å²) >= 11 is 0. The summed E-state index contributed by atoms with van der Waals surface area (Å²) < 4.78 is 4.63. The van der Waals surface area contributed by atoms with Crippen molar-refractivity contribution in [2.45, 2.75) is 19.9 Å². The molecule has 6 nitrogen and oxygen atoms in total. The third kappa shape index (κ3) is 3.33. The molecule has 0 saturated carbocycles. The molecule has 0 aromatic heterocycles. The minimum absolute atomic E-state index is 0.0375. The number of rotatable bonds is 2. The van der Waals surface area contributed by atoms with Gasteiger partial charge < -0.3 is 20.3 Å². The first-order chi connectivity index (χ1) is 7.97. The summed E-state index contributed by atoms with van der Waals surface area (Å²) in [5.74, 6) is 0.0886. The van der Waals surface area contributed by atoms with E-state index in [0.717, 1.165) is 0 Å². The molecule has 2 N–H and O–H groups in total. The maximum atomic E-state index is 12.0. The smallest absolute Gasteiger partial charge is 0.409 e. The Kier molecular flexibility index (Phi) is 4.74.